The summed E-state index contributed by atoms with van der Waals surface area (Å²) >= 11 is 0. The van der Waals surface area contributed by atoms with Crippen molar-refractivity contribution in [3.05, 3.63) is 65.7 Å². The summed E-state index contributed by atoms with van der Waals surface area (Å²) in [6.45, 7) is 5.69. The predicted octanol–water partition coefficient (Wildman–Crippen LogP) is 3.13. The SMILES string of the molecule is CCOc1ccc(CC(=O)N2CC3(CC(N(C)Cc4ccccc4)CO3)C2)cc1. The summed E-state index contributed by atoms with van der Waals surface area (Å²) < 4.78 is 11.6. The van der Waals surface area contributed by atoms with E-state index in [0.29, 0.717) is 32.2 Å². The highest BCUT2D eigenvalue weighted by Gasteiger charge is 2.51. The van der Waals surface area contributed by atoms with Crippen LogP contribution in [0.15, 0.2) is 54.6 Å². The van der Waals surface area contributed by atoms with E-state index >= 15 is 0 Å². The Kier molecular flexibility index (Phi) is 5.88. The van der Waals surface area contributed by atoms with E-state index in [1.54, 1.807) is 0 Å². The second-order valence-electron chi connectivity index (χ2n) is 8.26. The molecule has 2 saturated heterocycles. The molecule has 4 rings (SSSR count). The third-order valence-electron chi connectivity index (χ3n) is 5.99. The highest BCUT2D eigenvalue weighted by atomic mass is 16.5. The van der Waals surface area contributed by atoms with E-state index in [1.165, 1.54) is 5.56 Å². The molecule has 29 heavy (non-hydrogen) atoms. The standard InChI is InChI=1S/C24H30N2O3/c1-3-28-22-11-9-19(10-12-22)13-23(27)26-17-24(18-26)14-21(16-29-24)25(2)15-20-7-5-4-6-8-20/h4-12,21H,3,13-18H2,1-2H3. The van der Waals surface area contributed by atoms with E-state index in [1.807, 2.05) is 42.2 Å². The van der Waals surface area contributed by atoms with Crippen LogP contribution in [-0.4, -0.2) is 60.7 Å². The van der Waals surface area contributed by atoms with Crippen LogP contribution in [-0.2, 0) is 22.5 Å². The highest BCUT2D eigenvalue weighted by molar-refractivity contribution is 5.80. The number of benzene rings is 2. The van der Waals surface area contributed by atoms with E-state index in [-0.39, 0.29) is 11.5 Å². The molecule has 2 aliphatic rings. The first-order valence-electron chi connectivity index (χ1n) is 10.4. The van der Waals surface area contributed by atoms with E-state index in [4.69, 9.17) is 9.47 Å². The van der Waals surface area contributed by atoms with Gasteiger partial charge >= 0.3 is 0 Å². The first kappa shape index (κ1) is 19.9. The summed E-state index contributed by atoms with van der Waals surface area (Å²) in [6.07, 6.45) is 1.42. The van der Waals surface area contributed by atoms with Crippen molar-refractivity contribution in [3.8, 4) is 5.75 Å². The van der Waals surface area contributed by atoms with Gasteiger partial charge in [-0.05, 0) is 43.7 Å². The van der Waals surface area contributed by atoms with E-state index < -0.39 is 0 Å². The van der Waals surface area contributed by atoms with Gasteiger partial charge in [-0.3, -0.25) is 9.69 Å². The van der Waals surface area contributed by atoms with Gasteiger partial charge in [0.25, 0.3) is 0 Å². The van der Waals surface area contributed by atoms with E-state index in [9.17, 15) is 4.79 Å². The van der Waals surface area contributed by atoms with Gasteiger partial charge in [-0.2, -0.15) is 0 Å². The molecule has 2 aromatic rings. The van der Waals surface area contributed by atoms with Crippen molar-refractivity contribution in [1.29, 1.82) is 0 Å². The van der Waals surface area contributed by atoms with Crippen LogP contribution in [0.2, 0.25) is 0 Å². The van der Waals surface area contributed by atoms with Crippen LogP contribution in [0.25, 0.3) is 0 Å². The largest absolute Gasteiger partial charge is 0.494 e. The normalized spacial score (nSPS) is 20.1. The number of rotatable bonds is 7. The Morgan fingerprint density at radius 2 is 1.86 bits per heavy atom. The number of hydrogen-bond donors (Lipinski definition) is 0. The van der Waals surface area contributed by atoms with Gasteiger partial charge in [-0.1, -0.05) is 42.5 Å². The van der Waals surface area contributed by atoms with Gasteiger partial charge in [-0.15, -0.1) is 0 Å². The first-order valence-corrected chi connectivity index (χ1v) is 10.4. The quantitative estimate of drug-likeness (QED) is 0.724. The highest BCUT2D eigenvalue weighted by Crippen LogP contribution is 2.37. The van der Waals surface area contributed by atoms with Crippen molar-refractivity contribution in [2.24, 2.45) is 0 Å². The van der Waals surface area contributed by atoms with Gasteiger partial charge in [-0.25, -0.2) is 0 Å². The summed E-state index contributed by atoms with van der Waals surface area (Å²) in [6, 6.07) is 18.7. The van der Waals surface area contributed by atoms with Gasteiger partial charge in [0.05, 0.1) is 32.7 Å². The van der Waals surface area contributed by atoms with Crippen LogP contribution in [0.5, 0.6) is 5.75 Å². The number of carbonyl (C=O) groups is 1. The number of carbonyl (C=O) groups excluding carboxylic acids is 1. The molecule has 154 valence electrons. The van der Waals surface area contributed by atoms with Crippen molar-refractivity contribution >= 4 is 5.91 Å². The maximum absolute atomic E-state index is 12.6. The van der Waals surface area contributed by atoms with E-state index in [0.717, 1.165) is 30.9 Å². The van der Waals surface area contributed by atoms with Crippen LogP contribution in [0.3, 0.4) is 0 Å². The lowest BCUT2D eigenvalue weighted by molar-refractivity contribution is -0.157. The topological polar surface area (TPSA) is 42.0 Å². The summed E-state index contributed by atoms with van der Waals surface area (Å²) in [4.78, 5) is 16.9. The van der Waals surface area contributed by atoms with E-state index in [2.05, 4.69) is 36.2 Å². The number of hydrogen-bond acceptors (Lipinski definition) is 4. The Hall–Kier alpha value is -2.37. The minimum Gasteiger partial charge on any atom is -0.494 e. The molecule has 2 fully saturated rings. The minimum absolute atomic E-state index is 0.149. The van der Waals surface area contributed by atoms with Crippen LogP contribution in [0.4, 0.5) is 0 Å². The van der Waals surface area contributed by atoms with Crippen molar-refractivity contribution in [2.75, 3.05) is 33.4 Å². The molecule has 5 nitrogen and oxygen atoms in total. The Labute approximate surface area is 173 Å². The zero-order chi connectivity index (χ0) is 20.3. The summed E-state index contributed by atoms with van der Waals surface area (Å²) in [5.74, 6) is 1.01. The third-order valence-corrected chi connectivity index (χ3v) is 5.99. The van der Waals surface area contributed by atoms with Crippen molar-refractivity contribution in [2.45, 2.75) is 38.0 Å². The van der Waals surface area contributed by atoms with Crippen LogP contribution >= 0.6 is 0 Å². The van der Waals surface area contributed by atoms with Gasteiger partial charge in [0.2, 0.25) is 5.91 Å². The lowest BCUT2D eigenvalue weighted by atomic mass is 9.88. The number of ether oxygens (including phenoxy) is 2. The average Bonchev–Trinajstić information content (AvgIpc) is 3.15. The fourth-order valence-electron chi connectivity index (χ4n) is 4.31. The number of likely N-dealkylation sites (tertiary alicyclic amines) is 1. The molecule has 1 amide bonds. The summed E-state index contributed by atoms with van der Waals surface area (Å²) in [7, 11) is 2.16. The smallest absolute Gasteiger partial charge is 0.227 e. The monoisotopic (exact) mass is 394 g/mol. The predicted molar refractivity (Wildman–Crippen MR) is 113 cm³/mol. The summed E-state index contributed by atoms with van der Waals surface area (Å²) in [5.41, 5.74) is 2.19. The fraction of sp³-hybridized carbons (Fsp3) is 0.458. The first-order chi connectivity index (χ1) is 14.1. The zero-order valence-electron chi connectivity index (χ0n) is 17.3. The second kappa shape index (κ2) is 8.56. The van der Waals surface area contributed by atoms with Gasteiger partial charge in [0.1, 0.15) is 11.4 Å². The molecule has 0 N–H and O–H groups in total. The Balaban J connectivity index is 1.25. The van der Waals surface area contributed by atoms with Crippen molar-refractivity contribution in [3.63, 3.8) is 0 Å². The molecular formula is C24H30N2O3. The molecule has 0 aromatic heterocycles. The van der Waals surface area contributed by atoms with Gasteiger partial charge < -0.3 is 14.4 Å². The lowest BCUT2D eigenvalue weighted by Crippen LogP contribution is -2.63. The number of likely N-dealkylation sites (N-methyl/N-ethyl adjacent to an activating group) is 1. The van der Waals surface area contributed by atoms with Crippen LogP contribution < -0.4 is 4.74 Å². The lowest BCUT2D eigenvalue weighted by Gasteiger charge is -2.47. The maximum Gasteiger partial charge on any atom is 0.227 e. The molecule has 0 bridgehead atoms. The molecule has 2 aromatic carbocycles. The molecule has 1 atom stereocenters. The molecule has 0 radical (unpaired) electrons. The zero-order valence-corrected chi connectivity index (χ0v) is 17.3. The Morgan fingerprint density at radius 1 is 1.14 bits per heavy atom. The Bertz CT molecular complexity index is 816. The molecule has 5 heteroatoms. The van der Waals surface area contributed by atoms with Crippen molar-refractivity contribution in [1.82, 2.24) is 9.80 Å². The van der Waals surface area contributed by atoms with Crippen LogP contribution in [0.1, 0.15) is 24.5 Å². The van der Waals surface area contributed by atoms with Gasteiger partial charge in [0, 0.05) is 12.6 Å². The molecule has 1 spiro atoms. The molecule has 2 aliphatic heterocycles. The molecular weight excluding hydrogens is 364 g/mol. The van der Waals surface area contributed by atoms with Crippen molar-refractivity contribution < 1.29 is 14.3 Å². The maximum atomic E-state index is 12.6. The molecule has 1 unspecified atom stereocenters. The summed E-state index contributed by atoms with van der Waals surface area (Å²) in [5, 5.41) is 0. The average molecular weight is 395 g/mol. The molecule has 0 saturated carbocycles. The number of nitrogens with zero attached hydrogens (tertiary/aromatic N) is 2. The molecule has 2 heterocycles. The third kappa shape index (κ3) is 4.62. The second-order valence-corrected chi connectivity index (χ2v) is 8.26. The fourth-order valence-corrected chi connectivity index (χ4v) is 4.31. The molecule has 0 aliphatic carbocycles. The minimum atomic E-state index is -0.149. The number of amides is 1. The Morgan fingerprint density at radius 3 is 2.55 bits per heavy atom. The van der Waals surface area contributed by atoms with Crippen LogP contribution in [0, 0.1) is 0 Å². The van der Waals surface area contributed by atoms with Gasteiger partial charge in [0.15, 0.2) is 0 Å².